The Morgan fingerprint density at radius 3 is 2.73 bits per heavy atom. The Bertz CT molecular complexity index is 310. The molecule has 0 aliphatic carbocycles. The highest BCUT2D eigenvalue weighted by molar-refractivity contribution is 7.80. The van der Waals surface area contributed by atoms with Crippen molar-refractivity contribution in [1.29, 1.82) is 0 Å². The summed E-state index contributed by atoms with van der Waals surface area (Å²) in [4.78, 5) is 8.52. The summed E-state index contributed by atoms with van der Waals surface area (Å²) >= 11 is 4.78. The van der Waals surface area contributed by atoms with Gasteiger partial charge in [0.1, 0.15) is 16.5 Å². The highest BCUT2D eigenvalue weighted by Crippen LogP contribution is 2.02. The lowest BCUT2D eigenvalue weighted by Crippen LogP contribution is -2.12. The van der Waals surface area contributed by atoms with Crippen LogP contribution in [-0.4, -0.2) is 21.5 Å². The molecule has 0 aliphatic rings. The highest BCUT2D eigenvalue weighted by atomic mass is 32.1. The fourth-order valence-corrected chi connectivity index (χ4v) is 1.24. The molecule has 5 heteroatoms. The Hall–Kier alpha value is -1.23. The molecule has 1 heterocycles. The van der Waals surface area contributed by atoms with E-state index >= 15 is 0 Å². The Balaban J connectivity index is 2.39. The molecular weight excluding hydrogens is 208 g/mol. The van der Waals surface area contributed by atoms with Crippen LogP contribution in [0.25, 0.3) is 0 Å². The van der Waals surface area contributed by atoms with Crippen molar-refractivity contribution in [3.05, 3.63) is 18.1 Å². The van der Waals surface area contributed by atoms with Gasteiger partial charge in [-0.3, -0.25) is 0 Å². The molecule has 0 aliphatic heterocycles. The highest BCUT2D eigenvalue weighted by Gasteiger charge is 1.98. The maximum atomic E-state index is 5.41. The van der Waals surface area contributed by atoms with Crippen molar-refractivity contribution in [3.63, 3.8) is 0 Å². The molecule has 0 amide bonds. The second kappa shape index (κ2) is 6.29. The topological polar surface area (TPSA) is 63.8 Å². The average Bonchev–Trinajstić information content (AvgIpc) is 2.25. The summed E-state index contributed by atoms with van der Waals surface area (Å²) < 4.78 is 0. The molecular formula is C10H16N4S. The molecule has 0 spiro atoms. The maximum absolute atomic E-state index is 5.41. The zero-order valence-electron chi connectivity index (χ0n) is 8.86. The number of unbranched alkanes of at least 4 members (excludes halogenated alkanes) is 2. The number of hydrogen-bond acceptors (Lipinski definition) is 4. The lowest BCUT2D eigenvalue weighted by Gasteiger charge is -2.04. The van der Waals surface area contributed by atoms with Gasteiger partial charge in [-0.2, -0.15) is 0 Å². The third-order valence-electron chi connectivity index (χ3n) is 1.99. The first-order valence-electron chi connectivity index (χ1n) is 5.09. The predicted octanol–water partition coefficient (Wildman–Crippen LogP) is 1.71. The van der Waals surface area contributed by atoms with Gasteiger partial charge in [0.15, 0.2) is 0 Å². The molecule has 0 atom stereocenters. The van der Waals surface area contributed by atoms with Crippen molar-refractivity contribution in [2.75, 3.05) is 11.9 Å². The Morgan fingerprint density at radius 2 is 2.20 bits per heavy atom. The van der Waals surface area contributed by atoms with Gasteiger partial charge in [-0.15, -0.1) is 0 Å². The van der Waals surface area contributed by atoms with Gasteiger partial charge in [-0.25, -0.2) is 9.97 Å². The van der Waals surface area contributed by atoms with Crippen LogP contribution in [0.4, 0.5) is 5.82 Å². The standard InChI is InChI=1S/C10H16N4S/c1-2-3-4-5-12-9-7-13-8(6-14-9)10(11)15/h6-7H,2-5H2,1H3,(H2,11,15)(H,12,14). The van der Waals surface area contributed by atoms with Crippen molar-refractivity contribution in [1.82, 2.24) is 9.97 Å². The molecule has 0 bridgehead atoms. The van der Waals surface area contributed by atoms with Crippen LogP contribution >= 0.6 is 12.2 Å². The molecule has 82 valence electrons. The van der Waals surface area contributed by atoms with Gasteiger partial charge >= 0.3 is 0 Å². The number of rotatable bonds is 6. The van der Waals surface area contributed by atoms with E-state index in [2.05, 4.69) is 22.2 Å². The van der Waals surface area contributed by atoms with Crippen LogP contribution in [0, 0.1) is 0 Å². The van der Waals surface area contributed by atoms with Crippen LogP contribution in [0.15, 0.2) is 12.4 Å². The van der Waals surface area contributed by atoms with E-state index < -0.39 is 0 Å². The number of hydrogen-bond donors (Lipinski definition) is 2. The summed E-state index contributed by atoms with van der Waals surface area (Å²) in [7, 11) is 0. The predicted molar refractivity (Wildman–Crippen MR) is 65.9 cm³/mol. The normalized spacial score (nSPS) is 9.93. The Kier molecular flexibility index (Phi) is 4.97. The minimum atomic E-state index is 0.278. The van der Waals surface area contributed by atoms with E-state index in [4.69, 9.17) is 18.0 Å². The first kappa shape index (κ1) is 11.8. The van der Waals surface area contributed by atoms with E-state index in [0.717, 1.165) is 18.8 Å². The minimum absolute atomic E-state index is 0.278. The van der Waals surface area contributed by atoms with Gasteiger partial charge in [-0.1, -0.05) is 32.0 Å². The number of nitrogens with zero attached hydrogens (tertiary/aromatic N) is 2. The van der Waals surface area contributed by atoms with Gasteiger partial charge in [0, 0.05) is 6.54 Å². The molecule has 0 radical (unpaired) electrons. The van der Waals surface area contributed by atoms with Gasteiger partial charge in [0.05, 0.1) is 12.4 Å². The third-order valence-corrected chi connectivity index (χ3v) is 2.20. The molecule has 3 N–H and O–H groups in total. The van der Waals surface area contributed by atoms with E-state index in [0.29, 0.717) is 5.69 Å². The summed E-state index contributed by atoms with van der Waals surface area (Å²) in [5.41, 5.74) is 5.97. The van der Waals surface area contributed by atoms with Crippen molar-refractivity contribution < 1.29 is 0 Å². The molecule has 1 aromatic heterocycles. The average molecular weight is 224 g/mol. The molecule has 0 unspecified atom stereocenters. The van der Waals surface area contributed by atoms with Crippen LogP contribution in [0.5, 0.6) is 0 Å². The lowest BCUT2D eigenvalue weighted by molar-refractivity contribution is 0.742. The largest absolute Gasteiger partial charge is 0.388 e. The quantitative estimate of drug-likeness (QED) is 0.569. The number of nitrogens with one attached hydrogen (secondary N) is 1. The van der Waals surface area contributed by atoms with Crippen LogP contribution in [0.2, 0.25) is 0 Å². The molecule has 0 saturated heterocycles. The van der Waals surface area contributed by atoms with Crippen molar-refractivity contribution in [3.8, 4) is 0 Å². The van der Waals surface area contributed by atoms with Gasteiger partial charge in [0.25, 0.3) is 0 Å². The zero-order valence-corrected chi connectivity index (χ0v) is 9.68. The molecule has 0 aromatic carbocycles. The van der Waals surface area contributed by atoms with E-state index in [1.54, 1.807) is 12.4 Å². The monoisotopic (exact) mass is 224 g/mol. The fraction of sp³-hybridized carbons (Fsp3) is 0.500. The summed E-state index contributed by atoms with van der Waals surface area (Å²) in [6.07, 6.45) is 6.83. The number of aromatic nitrogens is 2. The van der Waals surface area contributed by atoms with Crippen LogP contribution in [0.1, 0.15) is 31.9 Å². The summed E-state index contributed by atoms with van der Waals surface area (Å²) in [5.74, 6) is 0.770. The first-order chi connectivity index (χ1) is 7.24. The first-order valence-corrected chi connectivity index (χ1v) is 5.50. The maximum Gasteiger partial charge on any atom is 0.144 e. The second-order valence-electron chi connectivity index (χ2n) is 3.29. The Labute approximate surface area is 95.3 Å². The minimum Gasteiger partial charge on any atom is -0.388 e. The molecule has 1 rings (SSSR count). The fourth-order valence-electron chi connectivity index (χ4n) is 1.14. The summed E-state index contributed by atoms with van der Waals surface area (Å²) in [6, 6.07) is 0. The van der Waals surface area contributed by atoms with Crippen molar-refractivity contribution in [2.45, 2.75) is 26.2 Å². The van der Waals surface area contributed by atoms with E-state index in [1.807, 2.05) is 0 Å². The van der Waals surface area contributed by atoms with Crippen LogP contribution < -0.4 is 11.1 Å². The SMILES string of the molecule is CCCCCNc1cnc(C(N)=S)cn1. The van der Waals surface area contributed by atoms with Crippen molar-refractivity contribution in [2.24, 2.45) is 5.73 Å². The molecule has 1 aromatic rings. The number of anilines is 1. The van der Waals surface area contributed by atoms with Crippen molar-refractivity contribution >= 4 is 23.0 Å². The Morgan fingerprint density at radius 1 is 1.40 bits per heavy atom. The molecule has 0 fully saturated rings. The number of nitrogens with two attached hydrogens (primary N) is 1. The van der Waals surface area contributed by atoms with E-state index in [-0.39, 0.29) is 4.99 Å². The molecule has 4 nitrogen and oxygen atoms in total. The third kappa shape index (κ3) is 4.20. The number of thiocarbonyl (C=S) groups is 1. The van der Waals surface area contributed by atoms with Gasteiger partial charge in [-0.05, 0) is 6.42 Å². The smallest absolute Gasteiger partial charge is 0.144 e. The van der Waals surface area contributed by atoms with Gasteiger partial charge in [0.2, 0.25) is 0 Å². The second-order valence-corrected chi connectivity index (χ2v) is 3.72. The van der Waals surface area contributed by atoms with E-state index in [1.165, 1.54) is 12.8 Å². The van der Waals surface area contributed by atoms with Crippen LogP contribution in [-0.2, 0) is 0 Å². The lowest BCUT2D eigenvalue weighted by atomic mass is 10.2. The van der Waals surface area contributed by atoms with Crippen LogP contribution in [0.3, 0.4) is 0 Å². The van der Waals surface area contributed by atoms with Gasteiger partial charge < -0.3 is 11.1 Å². The summed E-state index contributed by atoms with van der Waals surface area (Å²) in [5, 5.41) is 3.19. The summed E-state index contributed by atoms with van der Waals surface area (Å²) in [6.45, 7) is 3.10. The zero-order chi connectivity index (χ0) is 11.1. The van der Waals surface area contributed by atoms with E-state index in [9.17, 15) is 0 Å². The molecule has 15 heavy (non-hydrogen) atoms. The molecule has 0 saturated carbocycles.